The van der Waals surface area contributed by atoms with Gasteiger partial charge in [-0.05, 0) is 12.1 Å². The van der Waals surface area contributed by atoms with Crippen LogP contribution in [0.1, 0.15) is 0 Å². The Bertz CT molecular complexity index is 774. The van der Waals surface area contributed by atoms with Gasteiger partial charge in [0.05, 0.1) is 18.3 Å². The molecule has 3 amide bonds. The Morgan fingerprint density at radius 2 is 1.88 bits per heavy atom. The lowest BCUT2D eigenvalue weighted by molar-refractivity contribution is 0.115. The van der Waals surface area contributed by atoms with E-state index in [-0.39, 0.29) is 6.03 Å². The molecule has 0 aliphatic carbocycles. The molecule has 0 aromatic carbocycles. The van der Waals surface area contributed by atoms with Gasteiger partial charge in [-0.3, -0.25) is 4.98 Å². The SMILES string of the molecule is COc1ccc2nccc(NC(=O)N3CCN(C(=O)O)CC3)c2n1. The lowest BCUT2D eigenvalue weighted by Gasteiger charge is -2.33. The third-order valence-electron chi connectivity index (χ3n) is 3.85. The third kappa shape index (κ3) is 3.14. The smallest absolute Gasteiger partial charge is 0.407 e. The van der Waals surface area contributed by atoms with Crippen molar-refractivity contribution >= 4 is 28.8 Å². The molecule has 1 fully saturated rings. The zero-order valence-corrected chi connectivity index (χ0v) is 13.1. The Morgan fingerprint density at radius 1 is 1.17 bits per heavy atom. The molecule has 9 heteroatoms. The van der Waals surface area contributed by atoms with Gasteiger partial charge >= 0.3 is 12.1 Å². The summed E-state index contributed by atoms with van der Waals surface area (Å²) in [6, 6.07) is 4.84. The summed E-state index contributed by atoms with van der Waals surface area (Å²) in [5, 5.41) is 11.8. The lowest BCUT2D eigenvalue weighted by atomic mass is 10.2. The molecule has 2 aromatic rings. The quantitative estimate of drug-likeness (QED) is 0.862. The van der Waals surface area contributed by atoms with Crippen molar-refractivity contribution < 1.29 is 19.4 Å². The second kappa shape index (κ2) is 6.57. The summed E-state index contributed by atoms with van der Waals surface area (Å²) in [7, 11) is 1.52. The molecular weight excluding hydrogens is 314 g/mol. The molecular formula is C15H17N5O4. The van der Waals surface area contributed by atoms with Gasteiger partial charge in [-0.25, -0.2) is 14.6 Å². The van der Waals surface area contributed by atoms with Gasteiger partial charge in [0.2, 0.25) is 5.88 Å². The zero-order valence-electron chi connectivity index (χ0n) is 13.1. The maximum Gasteiger partial charge on any atom is 0.407 e. The van der Waals surface area contributed by atoms with Crippen molar-refractivity contribution in [2.75, 3.05) is 38.6 Å². The topological polar surface area (TPSA) is 108 Å². The largest absolute Gasteiger partial charge is 0.481 e. The van der Waals surface area contributed by atoms with Crippen LogP contribution in [-0.4, -0.2) is 70.3 Å². The van der Waals surface area contributed by atoms with Crippen LogP contribution in [0.5, 0.6) is 5.88 Å². The normalized spacial score (nSPS) is 14.5. The van der Waals surface area contributed by atoms with Crippen LogP contribution in [0.3, 0.4) is 0 Å². The fourth-order valence-corrected chi connectivity index (χ4v) is 2.52. The third-order valence-corrected chi connectivity index (χ3v) is 3.85. The zero-order chi connectivity index (χ0) is 17.1. The van der Waals surface area contributed by atoms with Crippen molar-refractivity contribution in [3.8, 4) is 5.88 Å². The average molecular weight is 331 g/mol. The van der Waals surface area contributed by atoms with Gasteiger partial charge in [-0.2, -0.15) is 0 Å². The number of rotatable bonds is 2. The maximum absolute atomic E-state index is 12.4. The highest BCUT2D eigenvalue weighted by molar-refractivity contribution is 5.98. The van der Waals surface area contributed by atoms with Crippen molar-refractivity contribution in [2.45, 2.75) is 0 Å². The predicted octanol–water partition coefficient (Wildman–Crippen LogP) is 1.47. The number of ether oxygens (including phenoxy) is 1. The first-order valence-electron chi connectivity index (χ1n) is 7.42. The van der Waals surface area contributed by atoms with Crippen LogP contribution < -0.4 is 10.1 Å². The van der Waals surface area contributed by atoms with Crippen LogP contribution >= 0.6 is 0 Å². The molecule has 2 N–H and O–H groups in total. The molecule has 0 bridgehead atoms. The Morgan fingerprint density at radius 3 is 2.54 bits per heavy atom. The van der Waals surface area contributed by atoms with Gasteiger partial charge in [0.25, 0.3) is 0 Å². The minimum absolute atomic E-state index is 0.294. The lowest BCUT2D eigenvalue weighted by Crippen LogP contribution is -2.51. The molecule has 0 radical (unpaired) electrons. The molecule has 9 nitrogen and oxygen atoms in total. The Labute approximate surface area is 137 Å². The highest BCUT2D eigenvalue weighted by Crippen LogP contribution is 2.22. The van der Waals surface area contributed by atoms with Crippen LogP contribution in [0, 0.1) is 0 Å². The summed E-state index contributed by atoms with van der Waals surface area (Å²) in [4.78, 5) is 34.7. The van der Waals surface area contributed by atoms with Crippen molar-refractivity contribution in [3.05, 3.63) is 24.4 Å². The van der Waals surface area contributed by atoms with E-state index in [0.29, 0.717) is 48.8 Å². The first-order chi connectivity index (χ1) is 11.6. The van der Waals surface area contributed by atoms with E-state index in [2.05, 4.69) is 15.3 Å². The molecule has 3 heterocycles. The van der Waals surface area contributed by atoms with Crippen molar-refractivity contribution in [1.82, 2.24) is 19.8 Å². The van der Waals surface area contributed by atoms with Gasteiger partial charge in [0.15, 0.2) is 0 Å². The second-order valence-corrected chi connectivity index (χ2v) is 5.27. The number of hydrogen-bond donors (Lipinski definition) is 2. The van der Waals surface area contributed by atoms with E-state index < -0.39 is 6.09 Å². The van der Waals surface area contributed by atoms with E-state index in [1.807, 2.05) is 0 Å². The first kappa shape index (κ1) is 15.8. The fraction of sp³-hybridized carbons (Fsp3) is 0.333. The number of aromatic nitrogens is 2. The van der Waals surface area contributed by atoms with Crippen LogP contribution in [-0.2, 0) is 0 Å². The van der Waals surface area contributed by atoms with E-state index in [4.69, 9.17) is 9.84 Å². The minimum atomic E-state index is -0.966. The van der Waals surface area contributed by atoms with Crippen LogP contribution in [0.25, 0.3) is 11.0 Å². The summed E-state index contributed by atoms with van der Waals surface area (Å²) in [5.41, 5.74) is 1.71. The number of carboxylic acid groups (broad SMARTS) is 1. The monoisotopic (exact) mass is 331 g/mol. The summed E-state index contributed by atoms with van der Waals surface area (Å²) in [6.07, 6.45) is 0.626. The van der Waals surface area contributed by atoms with E-state index in [0.717, 1.165) is 0 Å². The van der Waals surface area contributed by atoms with Gasteiger partial charge in [-0.1, -0.05) is 0 Å². The van der Waals surface area contributed by atoms with Gasteiger partial charge in [-0.15, -0.1) is 0 Å². The Hall–Kier alpha value is -3.10. The molecule has 24 heavy (non-hydrogen) atoms. The van der Waals surface area contributed by atoms with Crippen LogP contribution in [0.4, 0.5) is 15.3 Å². The molecule has 126 valence electrons. The molecule has 0 unspecified atom stereocenters. The first-order valence-corrected chi connectivity index (χ1v) is 7.42. The highest BCUT2D eigenvalue weighted by Gasteiger charge is 2.24. The van der Waals surface area contributed by atoms with Gasteiger partial charge in [0, 0.05) is 38.4 Å². The molecule has 3 rings (SSSR count). The number of urea groups is 1. The fourth-order valence-electron chi connectivity index (χ4n) is 2.52. The number of carbonyl (C=O) groups excluding carboxylic acids is 1. The van der Waals surface area contributed by atoms with Crippen LogP contribution in [0.15, 0.2) is 24.4 Å². The standard InChI is InChI=1S/C15H17N5O4/c1-24-12-3-2-10-13(18-12)11(4-5-16-10)17-14(21)19-6-8-20(9-7-19)15(22)23/h2-5H,6-9H2,1H3,(H,22,23)(H,16,17,21). The maximum atomic E-state index is 12.4. The predicted molar refractivity (Wildman–Crippen MR) is 86.3 cm³/mol. The summed E-state index contributed by atoms with van der Waals surface area (Å²) in [5.74, 6) is 0.432. The number of pyridine rings is 2. The average Bonchev–Trinajstić information content (AvgIpc) is 2.61. The van der Waals surface area contributed by atoms with E-state index in [1.54, 1.807) is 29.3 Å². The molecule has 1 aliphatic heterocycles. The number of carbonyl (C=O) groups is 2. The number of amides is 3. The summed E-state index contributed by atoms with van der Waals surface area (Å²) >= 11 is 0. The number of fused-ring (bicyclic) bond motifs is 1. The van der Waals surface area contributed by atoms with Crippen molar-refractivity contribution in [1.29, 1.82) is 0 Å². The second-order valence-electron chi connectivity index (χ2n) is 5.27. The number of nitrogens with zero attached hydrogens (tertiary/aromatic N) is 4. The van der Waals surface area contributed by atoms with E-state index in [9.17, 15) is 9.59 Å². The molecule has 1 aliphatic rings. The number of hydrogen-bond acceptors (Lipinski definition) is 5. The van der Waals surface area contributed by atoms with E-state index in [1.165, 1.54) is 12.0 Å². The minimum Gasteiger partial charge on any atom is -0.481 e. The molecule has 1 saturated heterocycles. The number of piperazine rings is 1. The van der Waals surface area contributed by atoms with Gasteiger partial charge in [0.1, 0.15) is 5.52 Å². The number of anilines is 1. The van der Waals surface area contributed by atoms with Crippen molar-refractivity contribution in [2.24, 2.45) is 0 Å². The Kier molecular flexibility index (Phi) is 4.32. The van der Waals surface area contributed by atoms with Gasteiger partial charge < -0.3 is 25.0 Å². The van der Waals surface area contributed by atoms with Crippen LogP contribution in [0.2, 0.25) is 0 Å². The van der Waals surface area contributed by atoms with Crippen molar-refractivity contribution in [3.63, 3.8) is 0 Å². The molecule has 2 aromatic heterocycles. The van der Waals surface area contributed by atoms with E-state index >= 15 is 0 Å². The number of nitrogens with one attached hydrogen (secondary N) is 1. The molecule has 0 spiro atoms. The number of methoxy groups -OCH3 is 1. The summed E-state index contributed by atoms with van der Waals surface area (Å²) in [6.45, 7) is 1.29. The molecule has 0 atom stereocenters. The highest BCUT2D eigenvalue weighted by atomic mass is 16.5. The summed E-state index contributed by atoms with van der Waals surface area (Å²) < 4.78 is 5.11. The Balaban J connectivity index is 1.75. The molecule has 0 saturated carbocycles.